The molecular weight excluding hydrogens is 326 g/mol. The standard InChI is InChI=1S/C21H21N3O2/c1-15(25)24(2)20-11-9-18(10-12-20)22-14-21(26)23-19-8-7-16-5-3-4-6-17(16)13-19/h3-13,22H,14H2,1-2H3,(H,23,26). The number of fused-ring (bicyclic) bond motifs is 1. The molecule has 132 valence electrons. The second-order valence-corrected chi connectivity index (χ2v) is 6.09. The zero-order valence-corrected chi connectivity index (χ0v) is 14.8. The zero-order valence-electron chi connectivity index (χ0n) is 14.8. The molecule has 0 saturated carbocycles. The molecule has 0 atom stereocenters. The number of hydrogen-bond acceptors (Lipinski definition) is 3. The summed E-state index contributed by atoms with van der Waals surface area (Å²) in [5.41, 5.74) is 2.40. The molecule has 0 aliphatic rings. The van der Waals surface area contributed by atoms with E-state index in [0.29, 0.717) is 0 Å². The number of benzene rings is 3. The van der Waals surface area contributed by atoms with Gasteiger partial charge in [0.15, 0.2) is 0 Å². The molecule has 0 heterocycles. The highest BCUT2D eigenvalue weighted by atomic mass is 16.2. The van der Waals surface area contributed by atoms with Crippen LogP contribution < -0.4 is 15.5 Å². The second kappa shape index (κ2) is 7.70. The molecule has 0 aromatic heterocycles. The number of nitrogens with one attached hydrogen (secondary N) is 2. The lowest BCUT2D eigenvalue weighted by atomic mass is 10.1. The number of anilines is 3. The van der Waals surface area contributed by atoms with E-state index in [1.807, 2.05) is 66.7 Å². The predicted octanol–water partition coefficient (Wildman–Crippen LogP) is 3.87. The van der Waals surface area contributed by atoms with E-state index in [2.05, 4.69) is 10.6 Å². The Morgan fingerprint density at radius 3 is 2.23 bits per heavy atom. The Kier molecular flexibility index (Phi) is 5.17. The van der Waals surface area contributed by atoms with Crippen LogP contribution in [0.5, 0.6) is 0 Å². The summed E-state index contributed by atoms with van der Waals surface area (Å²) in [7, 11) is 1.72. The minimum absolute atomic E-state index is 0.0273. The van der Waals surface area contributed by atoms with Crippen LogP contribution in [0.15, 0.2) is 66.7 Å². The fourth-order valence-electron chi connectivity index (χ4n) is 2.64. The van der Waals surface area contributed by atoms with Gasteiger partial charge in [-0.2, -0.15) is 0 Å². The number of hydrogen-bond donors (Lipinski definition) is 2. The molecule has 0 bridgehead atoms. The largest absolute Gasteiger partial charge is 0.376 e. The number of rotatable bonds is 5. The number of carbonyl (C=O) groups is 2. The van der Waals surface area contributed by atoms with Crippen LogP contribution >= 0.6 is 0 Å². The highest BCUT2D eigenvalue weighted by molar-refractivity contribution is 5.96. The minimum atomic E-state index is -0.120. The summed E-state index contributed by atoms with van der Waals surface area (Å²) in [6, 6.07) is 21.2. The van der Waals surface area contributed by atoms with Gasteiger partial charge >= 0.3 is 0 Å². The van der Waals surface area contributed by atoms with Crippen molar-refractivity contribution in [3.05, 3.63) is 66.7 Å². The van der Waals surface area contributed by atoms with Crippen LogP contribution in [0.1, 0.15) is 6.92 Å². The van der Waals surface area contributed by atoms with Crippen LogP contribution in [0.25, 0.3) is 10.8 Å². The van der Waals surface area contributed by atoms with Gasteiger partial charge in [0, 0.05) is 31.0 Å². The predicted molar refractivity (Wildman–Crippen MR) is 107 cm³/mol. The molecule has 2 amide bonds. The molecule has 3 aromatic rings. The zero-order chi connectivity index (χ0) is 18.5. The van der Waals surface area contributed by atoms with Gasteiger partial charge in [-0.15, -0.1) is 0 Å². The van der Waals surface area contributed by atoms with Crippen molar-refractivity contribution in [1.82, 2.24) is 0 Å². The van der Waals surface area contributed by atoms with E-state index < -0.39 is 0 Å². The maximum Gasteiger partial charge on any atom is 0.243 e. The smallest absolute Gasteiger partial charge is 0.243 e. The average Bonchev–Trinajstić information content (AvgIpc) is 2.66. The molecule has 3 aromatic carbocycles. The van der Waals surface area contributed by atoms with Gasteiger partial charge in [0.05, 0.1) is 6.54 Å². The molecule has 3 rings (SSSR count). The van der Waals surface area contributed by atoms with Crippen molar-refractivity contribution < 1.29 is 9.59 Å². The van der Waals surface area contributed by atoms with Gasteiger partial charge in [-0.05, 0) is 47.2 Å². The Morgan fingerprint density at radius 1 is 0.885 bits per heavy atom. The van der Waals surface area contributed by atoms with Crippen molar-refractivity contribution in [2.24, 2.45) is 0 Å². The van der Waals surface area contributed by atoms with Crippen LogP contribution in [0.3, 0.4) is 0 Å². The highest BCUT2D eigenvalue weighted by Gasteiger charge is 2.06. The van der Waals surface area contributed by atoms with E-state index in [-0.39, 0.29) is 18.4 Å². The Balaban J connectivity index is 1.57. The maximum absolute atomic E-state index is 12.2. The fraction of sp³-hybridized carbons (Fsp3) is 0.143. The van der Waals surface area contributed by atoms with E-state index in [1.54, 1.807) is 11.9 Å². The third-order valence-electron chi connectivity index (χ3n) is 4.21. The van der Waals surface area contributed by atoms with E-state index in [0.717, 1.165) is 27.8 Å². The molecule has 0 unspecified atom stereocenters. The first-order valence-electron chi connectivity index (χ1n) is 8.40. The van der Waals surface area contributed by atoms with Crippen molar-refractivity contribution >= 4 is 39.6 Å². The first-order valence-corrected chi connectivity index (χ1v) is 8.40. The van der Waals surface area contributed by atoms with Crippen LogP contribution in [0, 0.1) is 0 Å². The lowest BCUT2D eigenvalue weighted by Gasteiger charge is -2.15. The molecule has 0 saturated heterocycles. The summed E-state index contributed by atoms with van der Waals surface area (Å²) in [6.45, 7) is 1.68. The molecule has 0 spiro atoms. The maximum atomic E-state index is 12.2. The van der Waals surface area contributed by atoms with Gasteiger partial charge in [0.2, 0.25) is 11.8 Å². The Hall–Kier alpha value is -3.34. The summed E-state index contributed by atoms with van der Waals surface area (Å²) >= 11 is 0. The lowest BCUT2D eigenvalue weighted by molar-refractivity contribution is -0.116. The summed E-state index contributed by atoms with van der Waals surface area (Å²) in [6.07, 6.45) is 0. The summed E-state index contributed by atoms with van der Waals surface area (Å²) in [5, 5.41) is 8.20. The van der Waals surface area contributed by atoms with Gasteiger partial charge in [-0.25, -0.2) is 0 Å². The Labute approximate surface area is 152 Å². The Bertz CT molecular complexity index is 935. The average molecular weight is 347 g/mol. The highest BCUT2D eigenvalue weighted by Crippen LogP contribution is 2.19. The van der Waals surface area contributed by atoms with Crippen molar-refractivity contribution in [3.63, 3.8) is 0 Å². The van der Waals surface area contributed by atoms with Gasteiger partial charge < -0.3 is 15.5 Å². The van der Waals surface area contributed by atoms with Gasteiger partial charge in [-0.3, -0.25) is 9.59 Å². The molecule has 2 N–H and O–H groups in total. The summed E-state index contributed by atoms with van der Waals surface area (Å²) in [4.78, 5) is 25.1. The third kappa shape index (κ3) is 4.19. The van der Waals surface area contributed by atoms with Gasteiger partial charge in [0.25, 0.3) is 0 Å². The van der Waals surface area contributed by atoms with E-state index >= 15 is 0 Å². The van der Waals surface area contributed by atoms with Crippen molar-refractivity contribution in [1.29, 1.82) is 0 Å². The number of nitrogens with zero attached hydrogens (tertiary/aromatic N) is 1. The normalized spacial score (nSPS) is 10.4. The van der Waals surface area contributed by atoms with E-state index in [4.69, 9.17) is 0 Å². The number of carbonyl (C=O) groups excluding carboxylic acids is 2. The molecule has 26 heavy (non-hydrogen) atoms. The van der Waals surface area contributed by atoms with E-state index in [9.17, 15) is 9.59 Å². The molecule has 0 fully saturated rings. The van der Waals surface area contributed by atoms with Crippen molar-refractivity contribution in [2.75, 3.05) is 29.1 Å². The summed E-state index contributed by atoms with van der Waals surface area (Å²) in [5.74, 6) is -0.148. The molecule has 0 radical (unpaired) electrons. The van der Waals surface area contributed by atoms with Crippen LogP contribution in [-0.2, 0) is 9.59 Å². The first kappa shape index (κ1) is 17.5. The van der Waals surface area contributed by atoms with Crippen LogP contribution in [0.4, 0.5) is 17.1 Å². The SMILES string of the molecule is CC(=O)N(C)c1ccc(NCC(=O)Nc2ccc3ccccc3c2)cc1. The van der Waals surface area contributed by atoms with Crippen LogP contribution in [-0.4, -0.2) is 25.4 Å². The molecular formula is C21H21N3O2. The van der Waals surface area contributed by atoms with E-state index in [1.165, 1.54) is 6.92 Å². The topological polar surface area (TPSA) is 61.4 Å². The lowest BCUT2D eigenvalue weighted by Crippen LogP contribution is -2.23. The first-order chi connectivity index (χ1) is 12.5. The molecule has 0 aliphatic heterocycles. The minimum Gasteiger partial charge on any atom is -0.376 e. The fourth-order valence-corrected chi connectivity index (χ4v) is 2.64. The molecule has 5 nitrogen and oxygen atoms in total. The van der Waals surface area contributed by atoms with Crippen molar-refractivity contribution in [3.8, 4) is 0 Å². The second-order valence-electron chi connectivity index (χ2n) is 6.09. The van der Waals surface area contributed by atoms with Gasteiger partial charge in [0.1, 0.15) is 0 Å². The molecule has 5 heteroatoms. The van der Waals surface area contributed by atoms with Crippen molar-refractivity contribution in [2.45, 2.75) is 6.92 Å². The molecule has 0 aliphatic carbocycles. The third-order valence-corrected chi connectivity index (χ3v) is 4.21. The summed E-state index contributed by atoms with van der Waals surface area (Å²) < 4.78 is 0. The number of amides is 2. The quantitative estimate of drug-likeness (QED) is 0.736. The van der Waals surface area contributed by atoms with Gasteiger partial charge in [-0.1, -0.05) is 30.3 Å². The Morgan fingerprint density at radius 2 is 1.54 bits per heavy atom. The monoisotopic (exact) mass is 347 g/mol. The van der Waals surface area contributed by atoms with Crippen LogP contribution in [0.2, 0.25) is 0 Å².